The molecule has 2 amide bonds. The molecule has 0 N–H and O–H groups in total. The van der Waals surface area contributed by atoms with Crippen molar-refractivity contribution in [3.63, 3.8) is 0 Å². The van der Waals surface area contributed by atoms with Gasteiger partial charge in [-0.25, -0.2) is 0 Å². The zero-order chi connectivity index (χ0) is 20.6. The second-order valence-electron chi connectivity index (χ2n) is 9.16. The van der Waals surface area contributed by atoms with Crippen molar-refractivity contribution in [3.8, 4) is 0 Å². The maximum Gasteiger partial charge on any atom is 0.274 e. The lowest BCUT2D eigenvalue weighted by atomic mass is 9.87. The van der Waals surface area contributed by atoms with Gasteiger partial charge in [0.2, 0.25) is 0 Å². The molecule has 2 aromatic rings. The van der Waals surface area contributed by atoms with E-state index in [1.54, 1.807) is 10.7 Å². The van der Waals surface area contributed by atoms with Crippen molar-refractivity contribution in [2.45, 2.75) is 58.5 Å². The lowest BCUT2D eigenvalue weighted by molar-refractivity contribution is 0.0678. The van der Waals surface area contributed by atoms with E-state index in [0.717, 1.165) is 31.5 Å². The standard InChI is InChI=1S/C23H30N4O2/c1-23(2,3)18-9-7-17(8-10-18)16-26-13-14-27-20(22(26)29)15-19(24-27)21(28)25-11-5-4-6-12-25/h7-10,15H,4-6,11-14,16H2,1-3H3. The van der Waals surface area contributed by atoms with E-state index in [2.05, 4.69) is 50.1 Å². The molecule has 6 nitrogen and oxygen atoms in total. The minimum absolute atomic E-state index is 0.0521. The first-order valence-electron chi connectivity index (χ1n) is 10.6. The summed E-state index contributed by atoms with van der Waals surface area (Å²) in [7, 11) is 0. The Balaban J connectivity index is 1.47. The van der Waals surface area contributed by atoms with Crippen molar-refractivity contribution >= 4 is 11.8 Å². The van der Waals surface area contributed by atoms with Gasteiger partial charge in [-0.15, -0.1) is 0 Å². The van der Waals surface area contributed by atoms with Crippen LogP contribution in [-0.4, -0.2) is 51.0 Å². The van der Waals surface area contributed by atoms with Crippen molar-refractivity contribution in [2.75, 3.05) is 19.6 Å². The molecule has 1 saturated heterocycles. The van der Waals surface area contributed by atoms with Gasteiger partial charge < -0.3 is 9.80 Å². The number of aromatic nitrogens is 2. The first-order valence-corrected chi connectivity index (χ1v) is 10.6. The Hall–Kier alpha value is -2.63. The number of likely N-dealkylation sites (tertiary alicyclic amines) is 1. The maximum atomic E-state index is 13.0. The van der Waals surface area contributed by atoms with Crippen LogP contribution in [0.5, 0.6) is 0 Å². The van der Waals surface area contributed by atoms with Crippen LogP contribution in [0.25, 0.3) is 0 Å². The number of hydrogen-bond acceptors (Lipinski definition) is 3. The zero-order valence-electron chi connectivity index (χ0n) is 17.6. The molecule has 2 aliphatic heterocycles. The van der Waals surface area contributed by atoms with Gasteiger partial charge in [0, 0.05) is 32.2 Å². The summed E-state index contributed by atoms with van der Waals surface area (Å²) >= 11 is 0. The lowest BCUT2D eigenvalue weighted by Gasteiger charge is -2.28. The second kappa shape index (κ2) is 7.65. The highest BCUT2D eigenvalue weighted by Gasteiger charge is 2.29. The predicted octanol–water partition coefficient (Wildman–Crippen LogP) is 3.46. The van der Waals surface area contributed by atoms with Gasteiger partial charge in [-0.3, -0.25) is 14.3 Å². The minimum atomic E-state index is -0.0543. The van der Waals surface area contributed by atoms with Gasteiger partial charge in [-0.1, -0.05) is 45.0 Å². The van der Waals surface area contributed by atoms with Crippen LogP contribution in [0.2, 0.25) is 0 Å². The smallest absolute Gasteiger partial charge is 0.274 e. The van der Waals surface area contributed by atoms with Gasteiger partial charge in [-0.05, 0) is 35.8 Å². The number of nitrogens with zero attached hydrogens (tertiary/aromatic N) is 4. The molecular formula is C23H30N4O2. The first kappa shape index (κ1) is 19.7. The number of carbonyl (C=O) groups is 2. The molecule has 0 aliphatic carbocycles. The summed E-state index contributed by atoms with van der Waals surface area (Å²) < 4.78 is 1.69. The van der Waals surface area contributed by atoms with E-state index < -0.39 is 0 Å². The van der Waals surface area contributed by atoms with Crippen LogP contribution in [-0.2, 0) is 18.5 Å². The summed E-state index contributed by atoms with van der Waals surface area (Å²) in [5.41, 5.74) is 3.42. The number of piperidine rings is 1. The molecule has 0 atom stereocenters. The fraction of sp³-hybridized carbons (Fsp3) is 0.522. The molecule has 6 heteroatoms. The normalized spacial score (nSPS) is 17.4. The average molecular weight is 395 g/mol. The van der Waals surface area contributed by atoms with Crippen molar-refractivity contribution in [2.24, 2.45) is 0 Å². The fourth-order valence-corrected chi connectivity index (χ4v) is 4.08. The molecule has 2 aliphatic rings. The topological polar surface area (TPSA) is 58.4 Å². The summed E-state index contributed by atoms with van der Waals surface area (Å²) in [6.07, 6.45) is 3.26. The molecule has 1 aromatic heterocycles. The number of amides is 2. The van der Waals surface area contributed by atoms with Gasteiger partial charge >= 0.3 is 0 Å². The van der Waals surface area contributed by atoms with Crippen LogP contribution in [0.3, 0.4) is 0 Å². The van der Waals surface area contributed by atoms with Crippen LogP contribution in [0.15, 0.2) is 30.3 Å². The highest BCUT2D eigenvalue weighted by Crippen LogP contribution is 2.23. The molecule has 0 bridgehead atoms. The Kier molecular flexibility index (Phi) is 5.19. The summed E-state index contributed by atoms with van der Waals surface area (Å²) in [5.74, 6) is -0.106. The Morgan fingerprint density at radius 1 is 1.00 bits per heavy atom. The Bertz CT molecular complexity index is 902. The molecule has 154 valence electrons. The molecule has 0 spiro atoms. The van der Waals surface area contributed by atoms with E-state index in [1.165, 1.54) is 12.0 Å². The van der Waals surface area contributed by atoms with E-state index in [4.69, 9.17) is 0 Å². The molecule has 4 rings (SSSR count). The molecule has 0 radical (unpaired) electrons. The molecule has 1 aromatic carbocycles. The molecule has 3 heterocycles. The number of rotatable bonds is 3. The van der Waals surface area contributed by atoms with Gasteiger partial charge in [0.25, 0.3) is 11.8 Å². The van der Waals surface area contributed by atoms with E-state index in [0.29, 0.717) is 31.0 Å². The molecule has 0 saturated carbocycles. The number of carbonyl (C=O) groups excluding carboxylic acids is 2. The van der Waals surface area contributed by atoms with Crippen molar-refractivity contribution in [1.82, 2.24) is 19.6 Å². The van der Waals surface area contributed by atoms with Crippen molar-refractivity contribution < 1.29 is 9.59 Å². The van der Waals surface area contributed by atoms with Crippen molar-refractivity contribution in [1.29, 1.82) is 0 Å². The summed E-state index contributed by atoms with van der Waals surface area (Å²) in [6.45, 7) is 9.95. The third-order valence-electron chi connectivity index (χ3n) is 5.92. The van der Waals surface area contributed by atoms with Crippen LogP contribution in [0.4, 0.5) is 0 Å². The summed E-state index contributed by atoms with van der Waals surface area (Å²) in [6, 6.07) is 10.2. The fourth-order valence-electron chi connectivity index (χ4n) is 4.08. The van der Waals surface area contributed by atoms with Crippen LogP contribution < -0.4 is 0 Å². The van der Waals surface area contributed by atoms with Gasteiger partial charge in [0.15, 0.2) is 5.69 Å². The zero-order valence-corrected chi connectivity index (χ0v) is 17.6. The Morgan fingerprint density at radius 3 is 2.34 bits per heavy atom. The summed E-state index contributed by atoms with van der Waals surface area (Å²) in [4.78, 5) is 29.4. The predicted molar refractivity (Wildman–Crippen MR) is 112 cm³/mol. The molecule has 0 unspecified atom stereocenters. The number of benzene rings is 1. The number of fused-ring (bicyclic) bond motifs is 1. The van der Waals surface area contributed by atoms with Gasteiger partial charge in [0.05, 0.1) is 6.54 Å². The van der Waals surface area contributed by atoms with E-state index >= 15 is 0 Å². The van der Waals surface area contributed by atoms with E-state index in [-0.39, 0.29) is 17.2 Å². The Morgan fingerprint density at radius 2 is 1.69 bits per heavy atom. The monoisotopic (exact) mass is 394 g/mol. The third kappa shape index (κ3) is 4.07. The molecule has 1 fully saturated rings. The van der Waals surface area contributed by atoms with E-state index in [9.17, 15) is 9.59 Å². The second-order valence-corrected chi connectivity index (χ2v) is 9.16. The SMILES string of the molecule is CC(C)(C)c1ccc(CN2CCn3nc(C(=O)N4CCCCC4)cc3C2=O)cc1. The average Bonchev–Trinajstić information content (AvgIpc) is 3.15. The highest BCUT2D eigenvalue weighted by molar-refractivity contribution is 5.98. The highest BCUT2D eigenvalue weighted by atomic mass is 16.2. The Labute approximate surface area is 172 Å². The largest absolute Gasteiger partial charge is 0.337 e. The summed E-state index contributed by atoms with van der Waals surface area (Å²) in [5, 5.41) is 4.43. The van der Waals surface area contributed by atoms with Gasteiger partial charge in [-0.2, -0.15) is 5.10 Å². The van der Waals surface area contributed by atoms with Crippen LogP contribution in [0.1, 0.15) is 72.1 Å². The lowest BCUT2D eigenvalue weighted by Crippen LogP contribution is -2.39. The van der Waals surface area contributed by atoms with Crippen LogP contribution >= 0.6 is 0 Å². The van der Waals surface area contributed by atoms with Crippen LogP contribution in [0, 0.1) is 0 Å². The molecular weight excluding hydrogens is 364 g/mol. The van der Waals surface area contributed by atoms with E-state index in [1.807, 2.05) is 9.80 Å². The molecule has 29 heavy (non-hydrogen) atoms. The third-order valence-corrected chi connectivity index (χ3v) is 5.92. The van der Waals surface area contributed by atoms with Crippen molar-refractivity contribution in [3.05, 3.63) is 52.8 Å². The van der Waals surface area contributed by atoms with Gasteiger partial charge in [0.1, 0.15) is 5.69 Å². The first-order chi connectivity index (χ1) is 13.8. The minimum Gasteiger partial charge on any atom is -0.337 e. The number of hydrogen-bond donors (Lipinski definition) is 0. The maximum absolute atomic E-state index is 13.0. The quantitative estimate of drug-likeness (QED) is 0.801.